The highest BCUT2D eigenvalue weighted by Gasteiger charge is 2.23. The molecule has 149 valence electrons. The van der Waals surface area contributed by atoms with E-state index in [1.54, 1.807) is 16.8 Å². The first-order valence-corrected chi connectivity index (χ1v) is 10.2. The molecule has 1 fully saturated rings. The van der Waals surface area contributed by atoms with Crippen LogP contribution in [-0.2, 0) is 24.2 Å². The predicted octanol–water partition coefficient (Wildman–Crippen LogP) is 3.46. The number of nitrogens with zero attached hydrogens (tertiary/aromatic N) is 3. The molecule has 0 atom stereocenters. The minimum absolute atomic E-state index is 0.103. The van der Waals surface area contributed by atoms with E-state index >= 15 is 0 Å². The highest BCUT2D eigenvalue weighted by molar-refractivity contribution is 5.76. The molecule has 29 heavy (non-hydrogen) atoms. The van der Waals surface area contributed by atoms with Crippen molar-refractivity contribution in [3.8, 4) is 5.75 Å². The monoisotopic (exact) mass is 388 g/mol. The van der Waals surface area contributed by atoms with Crippen LogP contribution in [0.5, 0.6) is 5.75 Å². The molecule has 1 aromatic heterocycles. The molecule has 0 saturated carbocycles. The van der Waals surface area contributed by atoms with Crippen LogP contribution in [-0.4, -0.2) is 38.8 Å². The molecule has 2 heterocycles. The van der Waals surface area contributed by atoms with Gasteiger partial charge in [-0.2, -0.15) is 5.10 Å². The maximum absolute atomic E-state index is 12.7. The molecule has 1 aliphatic heterocycles. The molecule has 0 spiro atoms. The molecule has 1 saturated heterocycles. The van der Waals surface area contributed by atoms with Gasteiger partial charge in [-0.05, 0) is 54.5 Å². The summed E-state index contributed by atoms with van der Waals surface area (Å²) in [5.74, 6) is 0.995. The van der Waals surface area contributed by atoms with Crippen molar-refractivity contribution in [2.24, 2.45) is 5.92 Å². The number of phenolic OH excluding ortho intramolecular Hbond substituents is 1. The van der Waals surface area contributed by atoms with Crippen LogP contribution in [0, 0.1) is 12.1 Å². The third-order valence-electron chi connectivity index (χ3n) is 5.54. The lowest BCUT2D eigenvalue weighted by Gasteiger charge is -2.32. The van der Waals surface area contributed by atoms with Gasteiger partial charge in [0, 0.05) is 19.5 Å². The normalized spacial score (nSPS) is 14.8. The third kappa shape index (κ3) is 5.25. The Hall–Kier alpha value is -3.08. The number of likely N-dealkylation sites (tertiary alicyclic amines) is 1. The van der Waals surface area contributed by atoms with E-state index in [4.69, 9.17) is 0 Å². The minimum atomic E-state index is 0.103. The Morgan fingerprint density at radius 3 is 2.59 bits per heavy atom. The van der Waals surface area contributed by atoms with E-state index in [1.165, 1.54) is 5.56 Å². The Kier molecular flexibility index (Phi) is 5.94. The topological polar surface area (TPSA) is 58.4 Å². The second-order valence-corrected chi connectivity index (χ2v) is 7.78. The van der Waals surface area contributed by atoms with Crippen LogP contribution in [0.1, 0.15) is 29.7 Å². The Balaban J connectivity index is 1.26. The molecule has 1 N–H and O–H groups in total. The molecule has 5 heteroatoms. The van der Waals surface area contributed by atoms with Crippen LogP contribution in [0.25, 0.3) is 0 Å². The first-order chi connectivity index (χ1) is 14.2. The van der Waals surface area contributed by atoms with Gasteiger partial charge in [0.25, 0.3) is 0 Å². The predicted molar refractivity (Wildman–Crippen MR) is 111 cm³/mol. The van der Waals surface area contributed by atoms with Crippen molar-refractivity contribution in [2.45, 2.75) is 32.2 Å². The second-order valence-electron chi connectivity index (χ2n) is 7.78. The number of piperidine rings is 1. The van der Waals surface area contributed by atoms with E-state index < -0.39 is 0 Å². The fraction of sp³-hybridized carbons (Fsp3) is 0.333. The van der Waals surface area contributed by atoms with E-state index in [9.17, 15) is 9.90 Å². The summed E-state index contributed by atoms with van der Waals surface area (Å²) in [6.45, 7) is 1.85. The molecule has 0 aliphatic carbocycles. The largest absolute Gasteiger partial charge is 0.508 e. The zero-order chi connectivity index (χ0) is 20.1. The van der Waals surface area contributed by atoms with Crippen LogP contribution in [0.3, 0.4) is 0 Å². The van der Waals surface area contributed by atoms with Gasteiger partial charge in [-0.25, -0.2) is 0 Å². The number of carbonyl (C=O) groups is 1. The lowest BCUT2D eigenvalue weighted by molar-refractivity contribution is -0.133. The smallest absolute Gasteiger partial charge is 0.244 e. The number of amides is 1. The molecule has 0 unspecified atom stereocenters. The standard InChI is InChI=1S/C24H26N3O2/c28-23-8-4-7-21(17-23)16-22-11-14-27(25-22)18-24(29)26-12-9-20(10-13-26)15-19-5-2-1-3-6-19/h1-8,11,17,20,28H,9-10,12-13,15-16,18H2. The molecule has 1 aliphatic rings. The van der Waals surface area contributed by atoms with Gasteiger partial charge in [0.1, 0.15) is 12.3 Å². The first-order valence-electron chi connectivity index (χ1n) is 10.2. The summed E-state index contributed by atoms with van der Waals surface area (Å²) < 4.78 is 1.59. The van der Waals surface area contributed by atoms with Crippen LogP contribution >= 0.6 is 0 Å². The summed E-state index contributed by atoms with van der Waals surface area (Å²) >= 11 is 0. The van der Waals surface area contributed by atoms with Crippen molar-refractivity contribution in [3.63, 3.8) is 0 Å². The van der Waals surface area contributed by atoms with Gasteiger partial charge in [-0.15, -0.1) is 0 Å². The maximum atomic E-state index is 12.7. The zero-order valence-corrected chi connectivity index (χ0v) is 16.5. The second kappa shape index (κ2) is 8.95. The Morgan fingerprint density at radius 1 is 1.07 bits per heavy atom. The van der Waals surface area contributed by atoms with E-state index in [2.05, 4.69) is 35.6 Å². The van der Waals surface area contributed by atoms with Crippen molar-refractivity contribution in [2.75, 3.05) is 13.1 Å². The van der Waals surface area contributed by atoms with Gasteiger partial charge in [0.2, 0.25) is 5.91 Å². The average Bonchev–Trinajstić information content (AvgIpc) is 3.16. The van der Waals surface area contributed by atoms with Crippen molar-refractivity contribution >= 4 is 5.91 Å². The highest BCUT2D eigenvalue weighted by atomic mass is 16.3. The molecule has 5 nitrogen and oxygen atoms in total. The van der Waals surface area contributed by atoms with Crippen molar-refractivity contribution in [1.82, 2.24) is 14.7 Å². The number of phenols is 1. The lowest BCUT2D eigenvalue weighted by Crippen LogP contribution is -2.40. The van der Waals surface area contributed by atoms with Gasteiger partial charge in [0.15, 0.2) is 0 Å². The molecule has 1 radical (unpaired) electrons. The van der Waals surface area contributed by atoms with Crippen molar-refractivity contribution < 1.29 is 9.90 Å². The van der Waals surface area contributed by atoms with E-state index in [1.807, 2.05) is 29.2 Å². The van der Waals surface area contributed by atoms with Crippen LogP contribution in [0.2, 0.25) is 0 Å². The Labute approximate surface area is 171 Å². The van der Waals surface area contributed by atoms with Gasteiger partial charge >= 0.3 is 0 Å². The number of benzene rings is 2. The summed E-state index contributed by atoms with van der Waals surface area (Å²) in [6.07, 6.45) is 6.84. The van der Waals surface area contributed by atoms with Crippen molar-refractivity contribution in [3.05, 3.63) is 83.7 Å². The Morgan fingerprint density at radius 2 is 1.83 bits per heavy atom. The fourth-order valence-corrected chi connectivity index (χ4v) is 3.97. The third-order valence-corrected chi connectivity index (χ3v) is 5.54. The molecule has 4 rings (SSSR count). The van der Waals surface area contributed by atoms with Gasteiger partial charge in [0.05, 0.1) is 11.9 Å². The number of hydrogen-bond acceptors (Lipinski definition) is 3. The van der Waals surface area contributed by atoms with Crippen molar-refractivity contribution in [1.29, 1.82) is 0 Å². The highest BCUT2D eigenvalue weighted by Crippen LogP contribution is 2.22. The summed E-state index contributed by atoms with van der Waals surface area (Å²) in [4.78, 5) is 14.6. The molecule has 1 amide bonds. The molecule has 0 bridgehead atoms. The van der Waals surface area contributed by atoms with Crippen LogP contribution < -0.4 is 0 Å². The SMILES string of the molecule is O=C(Cn1[c]cc(Cc2cccc(O)c2)n1)N1CCC(Cc2ccccc2)CC1. The number of hydrogen-bond donors (Lipinski definition) is 1. The quantitative estimate of drug-likeness (QED) is 0.704. The average molecular weight is 388 g/mol. The lowest BCUT2D eigenvalue weighted by atomic mass is 9.90. The number of carbonyl (C=O) groups excluding carboxylic acids is 1. The summed E-state index contributed by atoms with van der Waals surface area (Å²) in [5.41, 5.74) is 3.20. The van der Waals surface area contributed by atoms with Gasteiger partial charge < -0.3 is 10.0 Å². The summed E-state index contributed by atoms with van der Waals surface area (Å²) in [7, 11) is 0. The van der Waals surface area contributed by atoms with Gasteiger partial charge in [-0.1, -0.05) is 42.5 Å². The molecule has 2 aromatic carbocycles. The van der Waals surface area contributed by atoms with Crippen LogP contribution in [0.15, 0.2) is 60.7 Å². The molecule has 3 aromatic rings. The van der Waals surface area contributed by atoms with Gasteiger partial charge in [-0.3, -0.25) is 9.48 Å². The molecular weight excluding hydrogens is 362 g/mol. The van der Waals surface area contributed by atoms with E-state index in [-0.39, 0.29) is 18.2 Å². The minimum Gasteiger partial charge on any atom is -0.508 e. The Bertz CT molecular complexity index is 944. The van der Waals surface area contributed by atoms with Crippen LogP contribution in [0.4, 0.5) is 0 Å². The molecular formula is C24H26N3O2. The number of aromatic hydroxyl groups is 1. The summed E-state index contributed by atoms with van der Waals surface area (Å²) in [5, 5.41) is 14.0. The zero-order valence-electron chi connectivity index (χ0n) is 16.5. The number of aromatic nitrogens is 2. The first kappa shape index (κ1) is 19.2. The van der Waals surface area contributed by atoms with E-state index in [0.717, 1.165) is 43.6 Å². The maximum Gasteiger partial charge on any atom is 0.244 e. The number of rotatable bonds is 6. The summed E-state index contributed by atoms with van der Waals surface area (Å²) in [6, 6.07) is 19.5. The van der Waals surface area contributed by atoms with E-state index in [0.29, 0.717) is 12.3 Å². The fourth-order valence-electron chi connectivity index (χ4n) is 3.97.